The lowest BCUT2D eigenvalue weighted by Crippen LogP contribution is -2.51. The number of aromatic nitrogens is 1. The second kappa shape index (κ2) is 6.80. The van der Waals surface area contributed by atoms with E-state index < -0.39 is 0 Å². The fourth-order valence-corrected chi connectivity index (χ4v) is 3.71. The van der Waals surface area contributed by atoms with Crippen LogP contribution in [0.5, 0.6) is 5.75 Å². The number of phenolic OH excluding ortho intramolecular Hbond substituents is 1. The third kappa shape index (κ3) is 3.04. The number of anilines is 2. The van der Waals surface area contributed by atoms with E-state index in [1.807, 2.05) is 24.3 Å². The molecule has 0 atom stereocenters. The van der Waals surface area contributed by atoms with E-state index in [1.54, 1.807) is 6.07 Å². The maximum atomic E-state index is 9.85. The quantitative estimate of drug-likeness (QED) is 0.625. The number of aromatic hydroxyl groups is 1. The van der Waals surface area contributed by atoms with Crippen molar-refractivity contribution in [3.05, 3.63) is 54.2 Å². The van der Waals surface area contributed by atoms with Gasteiger partial charge in [-0.25, -0.2) is 0 Å². The van der Waals surface area contributed by atoms with Crippen molar-refractivity contribution in [2.75, 3.05) is 48.4 Å². The van der Waals surface area contributed by atoms with Gasteiger partial charge in [0, 0.05) is 36.0 Å². The molecule has 0 radical (unpaired) electrons. The Kier molecular flexibility index (Phi) is 4.34. The molecule has 5 N–H and O–H groups in total. The zero-order valence-corrected chi connectivity index (χ0v) is 14.8. The number of rotatable bonds is 4. The lowest BCUT2D eigenvalue weighted by molar-refractivity contribution is 0.476. The Morgan fingerprint density at radius 2 is 1.69 bits per heavy atom. The maximum Gasteiger partial charge on any atom is 0.116 e. The SMILES string of the molecule is NCCc1cn(N2CCN(c3ccc(N)cc3)CC2)c2ccc(O)cc12. The largest absolute Gasteiger partial charge is 0.508 e. The first-order valence-corrected chi connectivity index (χ1v) is 9.04. The lowest BCUT2D eigenvalue weighted by atomic mass is 10.1. The molecule has 0 bridgehead atoms. The highest BCUT2D eigenvalue weighted by atomic mass is 16.3. The first-order chi connectivity index (χ1) is 12.7. The molecule has 3 aromatic rings. The topological polar surface area (TPSA) is 83.7 Å². The van der Waals surface area contributed by atoms with E-state index in [2.05, 4.69) is 32.9 Å². The van der Waals surface area contributed by atoms with Crippen LogP contribution in [-0.2, 0) is 6.42 Å². The van der Waals surface area contributed by atoms with E-state index in [1.165, 1.54) is 11.3 Å². The van der Waals surface area contributed by atoms with Gasteiger partial charge in [-0.3, -0.25) is 4.68 Å². The molecule has 136 valence electrons. The zero-order chi connectivity index (χ0) is 18.1. The van der Waals surface area contributed by atoms with Crippen molar-refractivity contribution >= 4 is 22.3 Å². The monoisotopic (exact) mass is 351 g/mol. The summed E-state index contributed by atoms with van der Waals surface area (Å²) in [5, 5.41) is 13.3. The maximum absolute atomic E-state index is 9.85. The van der Waals surface area contributed by atoms with E-state index in [9.17, 15) is 5.11 Å². The van der Waals surface area contributed by atoms with Gasteiger partial charge in [0.15, 0.2) is 0 Å². The molecule has 26 heavy (non-hydrogen) atoms. The van der Waals surface area contributed by atoms with E-state index in [4.69, 9.17) is 11.5 Å². The first-order valence-electron chi connectivity index (χ1n) is 9.04. The molecule has 2 heterocycles. The third-order valence-corrected chi connectivity index (χ3v) is 5.08. The van der Waals surface area contributed by atoms with Crippen LogP contribution in [0.15, 0.2) is 48.7 Å². The molecule has 1 aliphatic rings. The second-order valence-electron chi connectivity index (χ2n) is 6.77. The van der Waals surface area contributed by atoms with Crippen LogP contribution in [0, 0.1) is 0 Å². The van der Waals surface area contributed by atoms with Gasteiger partial charge >= 0.3 is 0 Å². The number of nitrogens with two attached hydrogens (primary N) is 2. The number of hydrogen-bond acceptors (Lipinski definition) is 5. The van der Waals surface area contributed by atoms with Crippen LogP contribution in [0.4, 0.5) is 11.4 Å². The highest BCUT2D eigenvalue weighted by Gasteiger charge is 2.20. The summed E-state index contributed by atoms with van der Waals surface area (Å²) in [6, 6.07) is 13.6. The Labute approximate surface area is 153 Å². The molecule has 1 aromatic heterocycles. The molecule has 6 heteroatoms. The Morgan fingerprint density at radius 3 is 2.38 bits per heavy atom. The average molecular weight is 351 g/mol. The summed E-state index contributed by atoms with van der Waals surface area (Å²) in [6.45, 7) is 4.36. The van der Waals surface area contributed by atoms with Crippen LogP contribution in [0.2, 0.25) is 0 Å². The first kappa shape index (κ1) is 16.6. The second-order valence-corrected chi connectivity index (χ2v) is 6.77. The van der Waals surface area contributed by atoms with E-state index in [-0.39, 0.29) is 0 Å². The standard InChI is InChI=1S/C20H25N5O/c21-8-7-15-14-25(20-6-5-18(26)13-19(15)20)24-11-9-23(10-12-24)17-3-1-16(22)2-4-17/h1-6,13-14,26H,7-12,21-22H2. The molecular formula is C20H25N5O. The van der Waals surface area contributed by atoms with Gasteiger partial charge in [-0.1, -0.05) is 0 Å². The molecule has 1 aliphatic heterocycles. The number of nitrogens with zero attached hydrogens (tertiary/aromatic N) is 3. The fourth-order valence-electron chi connectivity index (χ4n) is 3.71. The van der Waals surface area contributed by atoms with Gasteiger partial charge in [-0.05, 0) is 61.0 Å². The number of fused-ring (bicyclic) bond motifs is 1. The summed E-state index contributed by atoms with van der Waals surface area (Å²) in [6.07, 6.45) is 2.97. The van der Waals surface area contributed by atoms with Gasteiger partial charge in [0.05, 0.1) is 18.6 Å². The summed E-state index contributed by atoms with van der Waals surface area (Å²) in [4.78, 5) is 2.38. The van der Waals surface area contributed by atoms with Gasteiger partial charge < -0.3 is 26.5 Å². The predicted octanol–water partition coefficient (Wildman–Crippen LogP) is 1.89. The normalized spacial score (nSPS) is 15.0. The van der Waals surface area contributed by atoms with Crippen LogP contribution in [0.1, 0.15) is 5.56 Å². The van der Waals surface area contributed by atoms with E-state index in [0.29, 0.717) is 12.3 Å². The zero-order valence-electron chi connectivity index (χ0n) is 14.8. The van der Waals surface area contributed by atoms with Crippen molar-refractivity contribution in [3.63, 3.8) is 0 Å². The highest BCUT2D eigenvalue weighted by Crippen LogP contribution is 2.27. The average Bonchev–Trinajstić information content (AvgIpc) is 3.01. The summed E-state index contributed by atoms with van der Waals surface area (Å²) in [7, 11) is 0. The molecular weight excluding hydrogens is 326 g/mol. The van der Waals surface area contributed by atoms with Gasteiger partial charge in [0.1, 0.15) is 5.75 Å². The Hall–Kier alpha value is -2.86. The number of phenols is 1. The van der Waals surface area contributed by atoms with Crippen molar-refractivity contribution in [1.29, 1.82) is 0 Å². The van der Waals surface area contributed by atoms with Crippen LogP contribution in [0.25, 0.3) is 10.9 Å². The minimum atomic E-state index is 0.293. The Morgan fingerprint density at radius 1 is 0.962 bits per heavy atom. The van der Waals surface area contributed by atoms with Crippen molar-refractivity contribution in [2.24, 2.45) is 5.73 Å². The Bertz CT molecular complexity index is 894. The summed E-state index contributed by atoms with van der Waals surface area (Å²) >= 11 is 0. The number of benzene rings is 2. The summed E-state index contributed by atoms with van der Waals surface area (Å²) in [5.74, 6) is 0.293. The number of hydrogen-bond donors (Lipinski definition) is 3. The highest BCUT2D eigenvalue weighted by molar-refractivity contribution is 5.85. The van der Waals surface area contributed by atoms with E-state index in [0.717, 1.165) is 49.2 Å². The molecule has 0 unspecified atom stereocenters. The summed E-state index contributed by atoms with van der Waals surface area (Å²) < 4.78 is 2.22. The third-order valence-electron chi connectivity index (χ3n) is 5.08. The molecule has 0 aliphatic carbocycles. The predicted molar refractivity (Wildman–Crippen MR) is 107 cm³/mol. The fraction of sp³-hybridized carbons (Fsp3) is 0.300. The number of piperazine rings is 1. The smallest absolute Gasteiger partial charge is 0.116 e. The van der Waals surface area contributed by atoms with Gasteiger partial charge in [-0.2, -0.15) is 0 Å². The van der Waals surface area contributed by atoms with Gasteiger partial charge in [0.25, 0.3) is 0 Å². The molecule has 4 rings (SSSR count). The van der Waals surface area contributed by atoms with Crippen LogP contribution < -0.4 is 21.4 Å². The van der Waals surface area contributed by atoms with Crippen LogP contribution >= 0.6 is 0 Å². The molecule has 1 fully saturated rings. The number of nitrogen functional groups attached to an aromatic ring is 1. The lowest BCUT2D eigenvalue weighted by Gasteiger charge is -2.38. The van der Waals surface area contributed by atoms with E-state index >= 15 is 0 Å². The summed E-state index contributed by atoms with van der Waals surface area (Å²) in [5.41, 5.74) is 15.9. The van der Waals surface area contributed by atoms with Gasteiger partial charge in [0.2, 0.25) is 0 Å². The Balaban J connectivity index is 1.56. The minimum Gasteiger partial charge on any atom is -0.508 e. The van der Waals surface area contributed by atoms with Crippen molar-refractivity contribution in [3.8, 4) is 5.75 Å². The molecule has 6 nitrogen and oxygen atoms in total. The minimum absolute atomic E-state index is 0.293. The molecule has 2 aromatic carbocycles. The van der Waals surface area contributed by atoms with Crippen molar-refractivity contribution < 1.29 is 5.11 Å². The van der Waals surface area contributed by atoms with Crippen LogP contribution in [0.3, 0.4) is 0 Å². The molecule has 1 saturated heterocycles. The molecule has 0 saturated carbocycles. The molecule has 0 spiro atoms. The van der Waals surface area contributed by atoms with Crippen molar-refractivity contribution in [2.45, 2.75) is 6.42 Å². The van der Waals surface area contributed by atoms with Crippen LogP contribution in [-0.4, -0.2) is 42.5 Å². The van der Waals surface area contributed by atoms with Crippen molar-refractivity contribution in [1.82, 2.24) is 4.68 Å². The molecule has 0 amide bonds. The van der Waals surface area contributed by atoms with Gasteiger partial charge in [-0.15, -0.1) is 0 Å².